The molecule has 2 heteroatoms. The van der Waals surface area contributed by atoms with Crippen molar-refractivity contribution in [1.29, 1.82) is 0 Å². The molecule has 0 aliphatic rings. The summed E-state index contributed by atoms with van der Waals surface area (Å²) in [5.41, 5.74) is 0. The summed E-state index contributed by atoms with van der Waals surface area (Å²) in [4.78, 5) is 0. The van der Waals surface area contributed by atoms with Crippen molar-refractivity contribution < 1.29 is 4.74 Å². The Morgan fingerprint density at radius 2 is 2.00 bits per heavy atom. The molecule has 0 radical (unpaired) electrons. The zero-order chi connectivity index (χ0) is 9.23. The molecule has 0 saturated heterocycles. The summed E-state index contributed by atoms with van der Waals surface area (Å²) in [6, 6.07) is 0. The fourth-order valence-corrected chi connectivity index (χ4v) is 1.27. The van der Waals surface area contributed by atoms with Crippen LogP contribution >= 0.6 is 0 Å². The third-order valence-corrected chi connectivity index (χ3v) is 2.18. The Kier molecular flexibility index (Phi) is 8.95. The summed E-state index contributed by atoms with van der Waals surface area (Å²) in [5.74, 6) is 0.856. The Morgan fingerprint density at radius 3 is 2.58 bits per heavy atom. The molecule has 1 unspecified atom stereocenters. The van der Waals surface area contributed by atoms with Gasteiger partial charge in [-0.3, -0.25) is 0 Å². The lowest BCUT2D eigenvalue weighted by atomic mass is 10.0. The molecular weight excluding hydrogens is 150 g/mol. The summed E-state index contributed by atoms with van der Waals surface area (Å²) in [7, 11) is 3.78. The van der Waals surface area contributed by atoms with E-state index in [9.17, 15) is 0 Å². The number of rotatable bonds is 8. The van der Waals surface area contributed by atoms with Crippen LogP contribution in [-0.2, 0) is 4.74 Å². The summed E-state index contributed by atoms with van der Waals surface area (Å²) in [6.07, 6.45) is 5.15. The zero-order valence-electron chi connectivity index (χ0n) is 8.73. The van der Waals surface area contributed by atoms with Gasteiger partial charge < -0.3 is 10.1 Å². The number of hydrogen-bond donors (Lipinski definition) is 1. The van der Waals surface area contributed by atoms with E-state index in [0.29, 0.717) is 0 Å². The van der Waals surface area contributed by atoms with E-state index in [0.717, 1.165) is 19.1 Å². The Balaban J connectivity index is 3.02. The Labute approximate surface area is 76.7 Å². The number of hydrogen-bond acceptors (Lipinski definition) is 2. The van der Waals surface area contributed by atoms with Crippen molar-refractivity contribution in [2.45, 2.75) is 32.6 Å². The highest BCUT2D eigenvalue weighted by Gasteiger charge is 2.00. The predicted octanol–water partition coefficient (Wildman–Crippen LogP) is 2.05. The van der Waals surface area contributed by atoms with Crippen LogP contribution in [0.3, 0.4) is 0 Å². The lowest BCUT2D eigenvalue weighted by Gasteiger charge is -2.09. The molecule has 0 rings (SSSR count). The number of methoxy groups -OCH3 is 1. The van der Waals surface area contributed by atoms with E-state index >= 15 is 0 Å². The minimum Gasteiger partial charge on any atom is -0.385 e. The molecule has 2 nitrogen and oxygen atoms in total. The zero-order valence-corrected chi connectivity index (χ0v) is 8.73. The molecule has 1 atom stereocenters. The molecular formula is C10H23NO. The summed E-state index contributed by atoms with van der Waals surface area (Å²) in [6.45, 7) is 4.38. The molecule has 0 saturated carbocycles. The van der Waals surface area contributed by atoms with Gasteiger partial charge in [0.1, 0.15) is 0 Å². The SMILES string of the molecule is CNCCC(C)CCCCOC. The van der Waals surface area contributed by atoms with Gasteiger partial charge in [-0.25, -0.2) is 0 Å². The summed E-state index contributed by atoms with van der Waals surface area (Å²) < 4.78 is 4.99. The van der Waals surface area contributed by atoms with Crippen molar-refractivity contribution in [1.82, 2.24) is 5.32 Å². The van der Waals surface area contributed by atoms with Gasteiger partial charge in [-0.15, -0.1) is 0 Å². The van der Waals surface area contributed by atoms with Gasteiger partial charge in [0.05, 0.1) is 0 Å². The average molecular weight is 173 g/mol. The van der Waals surface area contributed by atoms with Crippen LogP contribution < -0.4 is 5.32 Å². The first-order valence-corrected chi connectivity index (χ1v) is 4.94. The van der Waals surface area contributed by atoms with Crippen LogP contribution in [0.5, 0.6) is 0 Å². The normalized spacial score (nSPS) is 13.2. The standard InChI is InChI=1S/C10H23NO/c1-10(7-8-11-2)6-4-5-9-12-3/h10-11H,4-9H2,1-3H3. The summed E-state index contributed by atoms with van der Waals surface area (Å²) in [5, 5.41) is 3.18. The third-order valence-electron chi connectivity index (χ3n) is 2.18. The molecule has 0 spiro atoms. The maximum atomic E-state index is 4.99. The lowest BCUT2D eigenvalue weighted by molar-refractivity contribution is 0.190. The number of nitrogens with one attached hydrogen (secondary N) is 1. The fourth-order valence-electron chi connectivity index (χ4n) is 1.27. The van der Waals surface area contributed by atoms with Crippen molar-refractivity contribution in [3.8, 4) is 0 Å². The monoisotopic (exact) mass is 173 g/mol. The first-order valence-electron chi connectivity index (χ1n) is 4.94. The van der Waals surface area contributed by atoms with Gasteiger partial charge in [-0.2, -0.15) is 0 Å². The van der Waals surface area contributed by atoms with E-state index in [1.165, 1.54) is 25.7 Å². The average Bonchev–Trinajstić information content (AvgIpc) is 2.09. The van der Waals surface area contributed by atoms with Crippen molar-refractivity contribution >= 4 is 0 Å². The van der Waals surface area contributed by atoms with Crippen LogP contribution in [0.2, 0.25) is 0 Å². The van der Waals surface area contributed by atoms with Crippen LogP contribution in [-0.4, -0.2) is 27.3 Å². The Hall–Kier alpha value is -0.0800. The summed E-state index contributed by atoms with van der Waals surface area (Å²) >= 11 is 0. The van der Waals surface area contributed by atoms with Crippen LogP contribution in [0.25, 0.3) is 0 Å². The molecule has 74 valence electrons. The number of ether oxygens (including phenoxy) is 1. The van der Waals surface area contributed by atoms with Gasteiger partial charge in [-0.1, -0.05) is 19.8 Å². The molecule has 0 aromatic heterocycles. The smallest absolute Gasteiger partial charge is 0.0462 e. The highest BCUT2D eigenvalue weighted by Crippen LogP contribution is 2.10. The quantitative estimate of drug-likeness (QED) is 0.567. The van der Waals surface area contributed by atoms with E-state index in [4.69, 9.17) is 4.74 Å². The maximum Gasteiger partial charge on any atom is 0.0462 e. The molecule has 1 N–H and O–H groups in total. The van der Waals surface area contributed by atoms with Gasteiger partial charge >= 0.3 is 0 Å². The second-order valence-corrected chi connectivity index (χ2v) is 3.49. The molecule has 0 aliphatic carbocycles. The van der Waals surface area contributed by atoms with Gasteiger partial charge in [0.25, 0.3) is 0 Å². The number of unbranched alkanes of at least 4 members (excludes halogenated alkanes) is 1. The highest BCUT2D eigenvalue weighted by atomic mass is 16.5. The molecule has 0 aromatic carbocycles. The maximum absolute atomic E-state index is 4.99. The molecule has 0 amide bonds. The van der Waals surface area contributed by atoms with E-state index < -0.39 is 0 Å². The second kappa shape index (κ2) is 9.01. The fraction of sp³-hybridized carbons (Fsp3) is 1.00. The van der Waals surface area contributed by atoms with Crippen molar-refractivity contribution in [2.75, 3.05) is 27.3 Å². The van der Waals surface area contributed by atoms with Crippen LogP contribution in [0.4, 0.5) is 0 Å². The lowest BCUT2D eigenvalue weighted by Crippen LogP contribution is -2.11. The Bertz CT molecular complexity index is 85.9. The predicted molar refractivity (Wildman–Crippen MR) is 53.4 cm³/mol. The van der Waals surface area contributed by atoms with Crippen molar-refractivity contribution in [3.05, 3.63) is 0 Å². The molecule has 0 bridgehead atoms. The molecule has 0 aliphatic heterocycles. The van der Waals surface area contributed by atoms with Crippen LogP contribution in [0.15, 0.2) is 0 Å². The Morgan fingerprint density at radius 1 is 1.25 bits per heavy atom. The minimum absolute atomic E-state index is 0.856. The van der Waals surface area contributed by atoms with Gasteiger partial charge in [-0.05, 0) is 32.4 Å². The van der Waals surface area contributed by atoms with E-state index in [1.54, 1.807) is 7.11 Å². The largest absolute Gasteiger partial charge is 0.385 e. The van der Waals surface area contributed by atoms with E-state index in [-0.39, 0.29) is 0 Å². The minimum atomic E-state index is 0.856. The first kappa shape index (κ1) is 11.9. The van der Waals surface area contributed by atoms with Crippen molar-refractivity contribution in [3.63, 3.8) is 0 Å². The molecule has 0 fully saturated rings. The van der Waals surface area contributed by atoms with Crippen LogP contribution in [0.1, 0.15) is 32.6 Å². The highest BCUT2D eigenvalue weighted by molar-refractivity contribution is 4.54. The topological polar surface area (TPSA) is 21.3 Å². The van der Waals surface area contributed by atoms with E-state index in [2.05, 4.69) is 12.2 Å². The van der Waals surface area contributed by atoms with E-state index in [1.807, 2.05) is 7.05 Å². The molecule has 0 aromatic rings. The molecule has 0 heterocycles. The first-order chi connectivity index (χ1) is 5.81. The third kappa shape index (κ3) is 8.02. The van der Waals surface area contributed by atoms with Crippen LogP contribution in [0, 0.1) is 5.92 Å². The van der Waals surface area contributed by atoms with Gasteiger partial charge in [0.15, 0.2) is 0 Å². The van der Waals surface area contributed by atoms with Crippen molar-refractivity contribution in [2.24, 2.45) is 5.92 Å². The van der Waals surface area contributed by atoms with Gasteiger partial charge in [0.2, 0.25) is 0 Å². The molecule has 12 heavy (non-hydrogen) atoms. The van der Waals surface area contributed by atoms with Gasteiger partial charge in [0, 0.05) is 13.7 Å². The second-order valence-electron chi connectivity index (χ2n) is 3.49.